The molecule has 0 radical (unpaired) electrons. The van der Waals surface area contributed by atoms with Crippen molar-refractivity contribution in [2.75, 3.05) is 45.3 Å². The summed E-state index contributed by atoms with van der Waals surface area (Å²) in [5.41, 5.74) is 2.36. The number of anilines is 1. The van der Waals surface area contributed by atoms with Crippen molar-refractivity contribution in [3.05, 3.63) is 53.6 Å². The predicted octanol–water partition coefficient (Wildman–Crippen LogP) is 3.23. The maximum atomic E-state index is 13.1. The largest absolute Gasteiger partial charge is 0.493 e. The van der Waals surface area contributed by atoms with Crippen LogP contribution in [0.15, 0.2) is 42.5 Å². The Morgan fingerprint density at radius 1 is 0.972 bits per heavy atom. The second-order valence-corrected chi connectivity index (χ2v) is 9.67. The van der Waals surface area contributed by atoms with E-state index in [-0.39, 0.29) is 17.6 Å². The Morgan fingerprint density at radius 2 is 1.67 bits per heavy atom. The van der Waals surface area contributed by atoms with Gasteiger partial charge in [-0.3, -0.25) is 14.4 Å². The van der Waals surface area contributed by atoms with Crippen molar-refractivity contribution < 1.29 is 23.9 Å². The molecule has 0 aromatic heterocycles. The highest BCUT2D eigenvalue weighted by Crippen LogP contribution is 2.34. The third-order valence-corrected chi connectivity index (χ3v) is 7.31. The van der Waals surface area contributed by atoms with Crippen molar-refractivity contribution in [2.24, 2.45) is 0 Å². The zero-order chi connectivity index (χ0) is 25.7. The van der Waals surface area contributed by atoms with E-state index in [4.69, 9.17) is 9.47 Å². The fraction of sp³-hybridized carbons (Fsp3) is 0.464. The molecule has 1 unspecified atom stereocenters. The van der Waals surface area contributed by atoms with Gasteiger partial charge in [-0.15, -0.1) is 0 Å². The van der Waals surface area contributed by atoms with Gasteiger partial charge in [0, 0.05) is 55.8 Å². The summed E-state index contributed by atoms with van der Waals surface area (Å²) in [6.45, 7) is 4.37. The summed E-state index contributed by atoms with van der Waals surface area (Å²) in [6.07, 6.45) is 2.80. The molecular weight excluding hydrogens is 458 g/mol. The van der Waals surface area contributed by atoms with Crippen molar-refractivity contribution in [3.63, 3.8) is 0 Å². The minimum absolute atomic E-state index is 0.0346. The number of benzene rings is 2. The number of rotatable bonds is 9. The molecule has 2 fully saturated rings. The van der Waals surface area contributed by atoms with Crippen molar-refractivity contribution in [1.29, 1.82) is 0 Å². The van der Waals surface area contributed by atoms with Crippen LogP contribution in [0.2, 0.25) is 0 Å². The predicted molar refractivity (Wildman–Crippen MR) is 138 cm³/mol. The monoisotopic (exact) mass is 493 g/mol. The van der Waals surface area contributed by atoms with Gasteiger partial charge in [-0.05, 0) is 68.1 Å². The highest BCUT2D eigenvalue weighted by atomic mass is 16.5. The molecule has 0 spiro atoms. The van der Waals surface area contributed by atoms with Gasteiger partial charge >= 0.3 is 0 Å². The van der Waals surface area contributed by atoms with Crippen LogP contribution >= 0.6 is 0 Å². The lowest BCUT2D eigenvalue weighted by Crippen LogP contribution is -2.50. The number of ketones is 1. The normalized spacial score (nSPS) is 19.7. The Morgan fingerprint density at radius 3 is 2.25 bits per heavy atom. The lowest BCUT2D eigenvalue weighted by molar-refractivity contribution is -0.132. The third-order valence-electron chi connectivity index (χ3n) is 7.31. The fourth-order valence-corrected chi connectivity index (χ4v) is 5.19. The van der Waals surface area contributed by atoms with E-state index in [0.717, 1.165) is 24.3 Å². The van der Waals surface area contributed by atoms with Crippen LogP contribution in [0.1, 0.15) is 48.5 Å². The molecule has 0 bridgehead atoms. The van der Waals surface area contributed by atoms with Gasteiger partial charge in [0.15, 0.2) is 17.3 Å². The number of carbonyl (C=O) groups is 3. The van der Waals surface area contributed by atoms with Crippen LogP contribution in [0.4, 0.5) is 5.69 Å². The van der Waals surface area contributed by atoms with E-state index < -0.39 is 5.54 Å². The van der Waals surface area contributed by atoms with Crippen LogP contribution in [0.5, 0.6) is 11.5 Å². The average molecular weight is 494 g/mol. The summed E-state index contributed by atoms with van der Waals surface area (Å²) in [4.78, 5) is 40.9. The van der Waals surface area contributed by atoms with E-state index >= 15 is 0 Å². The molecule has 8 heteroatoms. The van der Waals surface area contributed by atoms with Crippen molar-refractivity contribution in [2.45, 2.75) is 44.6 Å². The van der Waals surface area contributed by atoms with Crippen LogP contribution in [-0.4, -0.2) is 68.4 Å². The molecule has 2 aromatic carbocycles. The molecular formula is C28H35N3O5. The first-order chi connectivity index (χ1) is 17.3. The lowest BCUT2D eigenvalue weighted by Gasteiger charge is -2.37. The second-order valence-electron chi connectivity index (χ2n) is 9.67. The number of nitrogens with one attached hydrogen (secondary N) is 1. The molecule has 2 saturated heterocycles. The summed E-state index contributed by atoms with van der Waals surface area (Å²) in [5.74, 6) is 1.52. The molecule has 2 aromatic rings. The molecule has 0 aliphatic carbocycles. The number of carbonyl (C=O) groups excluding carboxylic acids is 3. The molecule has 4 rings (SSSR count). The number of methoxy groups -OCH3 is 2. The number of ether oxygens (including phenoxy) is 2. The van der Waals surface area contributed by atoms with E-state index in [2.05, 4.69) is 10.2 Å². The first-order valence-electron chi connectivity index (χ1n) is 12.5. The van der Waals surface area contributed by atoms with Crippen molar-refractivity contribution in [3.8, 4) is 11.5 Å². The molecule has 1 atom stereocenters. The van der Waals surface area contributed by atoms with Crippen LogP contribution in [0.25, 0.3) is 0 Å². The molecule has 2 amide bonds. The zero-order valence-electron chi connectivity index (χ0n) is 21.3. The Hall–Kier alpha value is -3.55. The van der Waals surface area contributed by atoms with Crippen LogP contribution in [-0.2, 0) is 16.0 Å². The van der Waals surface area contributed by atoms with E-state index in [0.29, 0.717) is 62.3 Å². The SMILES string of the molecule is COc1ccc(CC2(CCC(=O)N3CCN(c4ccc(C(C)=O)cc4)CC3)CCC(=O)N2)cc1OC. The number of Topliss-reactive ketones (excluding diaryl/α,β-unsaturated/α-hetero) is 1. The Labute approximate surface area is 212 Å². The van der Waals surface area contributed by atoms with Gasteiger partial charge in [-0.1, -0.05) is 6.07 Å². The van der Waals surface area contributed by atoms with Gasteiger partial charge in [0.1, 0.15) is 0 Å². The van der Waals surface area contributed by atoms with Gasteiger partial charge in [0.05, 0.1) is 14.2 Å². The molecule has 2 aliphatic heterocycles. The number of piperazine rings is 1. The van der Waals surface area contributed by atoms with Crippen LogP contribution < -0.4 is 19.7 Å². The summed E-state index contributed by atoms with van der Waals surface area (Å²) in [7, 11) is 3.21. The van der Waals surface area contributed by atoms with Gasteiger partial charge in [-0.2, -0.15) is 0 Å². The van der Waals surface area contributed by atoms with Crippen LogP contribution in [0.3, 0.4) is 0 Å². The maximum absolute atomic E-state index is 13.1. The van der Waals surface area contributed by atoms with Gasteiger partial charge in [0.25, 0.3) is 0 Å². The number of nitrogens with zero attached hydrogens (tertiary/aromatic N) is 2. The Balaban J connectivity index is 1.34. The van der Waals surface area contributed by atoms with Crippen LogP contribution in [0, 0.1) is 0 Å². The number of hydrogen-bond donors (Lipinski definition) is 1. The molecule has 8 nitrogen and oxygen atoms in total. The molecule has 36 heavy (non-hydrogen) atoms. The summed E-state index contributed by atoms with van der Waals surface area (Å²) in [5, 5.41) is 3.17. The number of hydrogen-bond acceptors (Lipinski definition) is 6. The van der Waals surface area contributed by atoms with Gasteiger partial charge in [-0.25, -0.2) is 0 Å². The average Bonchev–Trinajstić information content (AvgIpc) is 3.27. The molecule has 0 saturated carbocycles. The molecule has 192 valence electrons. The van der Waals surface area contributed by atoms with Gasteiger partial charge in [0.2, 0.25) is 11.8 Å². The van der Waals surface area contributed by atoms with E-state index in [1.807, 2.05) is 47.4 Å². The summed E-state index contributed by atoms with van der Waals surface area (Å²) < 4.78 is 10.8. The van der Waals surface area contributed by atoms with E-state index in [1.165, 1.54) is 0 Å². The fourth-order valence-electron chi connectivity index (χ4n) is 5.19. The summed E-state index contributed by atoms with van der Waals surface area (Å²) >= 11 is 0. The highest BCUT2D eigenvalue weighted by molar-refractivity contribution is 5.94. The maximum Gasteiger partial charge on any atom is 0.222 e. The smallest absolute Gasteiger partial charge is 0.222 e. The Bertz CT molecular complexity index is 1110. The van der Waals surface area contributed by atoms with Crippen molar-refractivity contribution >= 4 is 23.3 Å². The minimum Gasteiger partial charge on any atom is -0.493 e. The first kappa shape index (κ1) is 25.5. The van der Waals surface area contributed by atoms with Gasteiger partial charge < -0.3 is 24.6 Å². The quantitative estimate of drug-likeness (QED) is 0.540. The lowest BCUT2D eigenvalue weighted by atomic mass is 9.84. The molecule has 2 aliphatic rings. The standard InChI is InChI=1S/C28H35N3O5/c1-20(32)22-5-7-23(8-6-22)30-14-16-31(17-15-30)27(34)11-13-28(12-10-26(33)29-28)19-21-4-9-24(35-2)25(18-21)36-3/h4-9,18H,10-17,19H2,1-3H3,(H,29,33). The minimum atomic E-state index is -0.438. The topological polar surface area (TPSA) is 88.2 Å². The molecule has 1 N–H and O–H groups in total. The summed E-state index contributed by atoms with van der Waals surface area (Å²) in [6, 6.07) is 13.4. The first-order valence-corrected chi connectivity index (χ1v) is 12.5. The third kappa shape index (κ3) is 5.80. The number of amides is 2. The zero-order valence-corrected chi connectivity index (χ0v) is 21.3. The Kier molecular flexibility index (Phi) is 7.82. The second kappa shape index (κ2) is 11.0. The van der Waals surface area contributed by atoms with E-state index in [9.17, 15) is 14.4 Å². The van der Waals surface area contributed by atoms with Crippen molar-refractivity contribution in [1.82, 2.24) is 10.2 Å². The molecule has 2 heterocycles. The highest BCUT2D eigenvalue weighted by Gasteiger charge is 2.38. The van der Waals surface area contributed by atoms with E-state index in [1.54, 1.807) is 21.1 Å².